The van der Waals surface area contributed by atoms with Crippen LogP contribution in [-0.2, 0) is 4.79 Å². The number of rotatable bonds is 4. The van der Waals surface area contributed by atoms with Crippen LogP contribution in [0.4, 0.5) is 0 Å². The quantitative estimate of drug-likeness (QED) is 0.862. The molecule has 1 fully saturated rings. The topological polar surface area (TPSA) is 64.1 Å². The Morgan fingerprint density at radius 1 is 1.33 bits per heavy atom. The molecule has 0 aliphatic heterocycles. The second-order valence-corrected chi connectivity index (χ2v) is 7.49. The van der Waals surface area contributed by atoms with Crippen LogP contribution in [0.3, 0.4) is 0 Å². The number of nitrogens with zero attached hydrogens (tertiary/aromatic N) is 2. The number of amides is 1. The molecule has 1 amide bonds. The van der Waals surface area contributed by atoms with Crippen molar-refractivity contribution < 1.29 is 9.53 Å². The molecule has 1 aromatic heterocycles. The number of nitrogens with one attached hydrogen (secondary N) is 1. The van der Waals surface area contributed by atoms with Gasteiger partial charge in [0.1, 0.15) is 6.33 Å². The zero-order valence-corrected chi connectivity index (χ0v) is 15.5. The first-order valence-electron chi connectivity index (χ1n) is 8.37. The lowest BCUT2D eigenvalue weighted by molar-refractivity contribution is -0.124. The first-order valence-corrected chi connectivity index (χ1v) is 9.16. The molecule has 1 heterocycles. The van der Waals surface area contributed by atoms with Gasteiger partial charge in [-0.2, -0.15) is 0 Å². The van der Waals surface area contributed by atoms with Crippen molar-refractivity contribution >= 4 is 32.7 Å². The first kappa shape index (κ1) is 17.1. The lowest BCUT2D eigenvalue weighted by Crippen LogP contribution is -2.45. The maximum Gasteiger partial charge on any atom is 0.258 e. The van der Waals surface area contributed by atoms with Gasteiger partial charge in [0.15, 0.2) is 6.61 Å². The molecule has 2 aromatic rings. The number of fused-ring (bicyclic) bond motifs is 1. The van der Waals surface area contributed by atoms with Crippen molar-refractivity contribution in [1.82, 2.24) is 15.3 Å². The fraction of sp³-hybridized carbons (Fsp3) is 0.500. The molecule has 3 atom stereocenters. The minimum Gasteiger partial charge on any atom is -0.467 e. The molecular weight excluding hydrogens is 370 g/mol. The molecule has 5 nitrogen and oxygen atoms in total. The maximum absolute atomic E-state index is 12.3. The Hall–Kier alpha value is -1.69. The Labute approximate surface area is 150 Å². The molecule has 1 N–H and O–H groups in total. The molecule has 1 aromatic carbocycles. The van der Waals surface area contributed by atoms with Crippen LogP contribution in [-0.4, -0.2) is 28.5 Å². The van der Waals surface area contributed by atoms with Crippen molar-refractivity contribution in [2.45, 2.75) is 39.2 Å². The van der Waals surface area contributed by atoms with Crippen molar-refractivity contribution in [3.05, 3.63) is 29.0 Å². The molecule has 24 heavy (non-hydrogen) atoms. The van der Waals surface area contributed by atoms with Gasteiger partial charge in [-0.25, -0.2) is 9.97 Å². The van der Waals surface area contributed by atoms with Crippen LogP contribution in [0.2, 0.25) is 0 Å². The second kappa shape index (κ2) is 7.47. The summed E-state index contributed by atoms with van der Waals surface area (Å²) >= 11 is 3.43. The number of carbonyl (C=O) groups excluding carboxylic acids is 1. The predicted molar refractivity (Wildman–Crippen MR) is 96.8 cm³/mol. The molecule has 1 saturated carbocycles. The van der Waals surface area contributed by atoms with Gasteiger partial charge in [0.05, 0.1) is 10.9 Å². The lowest BCUT2D eigenvalue weighted by Gasteiger charge is -2.34. The van der Waals surface area contributed by atoms with Gasteiger partial charge in [0.2, 0.25) is 5.88 Å². The molecule has 0 bridgehead atoms. The summed E-state index contributed by atoms with van der Waals surface area (Å²) in [6.07, 6.45) is 4.91. The molecule has 0 spiro atoms. The van der Waals surface area contributed by atoms with E-state index in [-0.39, 0.29) is 18.6 Å². The maximum atomic E-state index is 12.3. The summed E-state index contributed by atoms with van der Waals surface area (Å²) in [7, 11) is 0. The highest BCUT2D eigenvalue weighted by Gasteiger charge is 2.28. The predicted octanol–water partition coefficient (Wildman–Crippen LogP) is 3.71. The Morgan fingerprint density at radius 2 is 2.17 bits per heavy atom. The third-order valence-electron chi connectivity index (χ3n) is 4.95. The molecule has 0 radical (unpaired) electrons. The number of hydrogen-bond donors (Lipinski definition) is 1. The highest BCUT2D eigenvalue weighted by Crippen LogP contribution is 2.29. The van der Waals surface area contributed by atoms with Gasteiger partial charge in [-0.15, -0.1) is 0 Å². The third kappa shape index (κ3) is 3.86. The van der Waals surface area contributed by atoms with E-state index < -0.39 is 0 Å². The molecule has 128 valence electrons. The minimum atomic E-state index is -0.0947. The molecule has 3 rings (SSSR count). The van der Waals surface area contributed by atoms with E-state index in [1.165, 1.54) is 19.2 Å². The largest absolute Gasteiger partial charge is 0.467 e. The number of carbonyl (C=O) groups is 1. The monoisotopic (exact) mass is 391 g/mol. The van der Waals surface area contributed by atoms with E-state index >= 15 is 0 Å². The third-order valence-corrected chi connectivity index (χ3v) is 5.45. The molecule has 6 heteroatoms. The molecule has 1 aliphatic rings. The fourth-order valence-electron chi connectivity index (χ4n) is 3.29. The number of aromatic nitrogens is 2. The first-order chi connectivity index (χ1) is 11.5. The van der Waals surface area contributed by atoms with E-state index in [9.17, 15) is 4.79 Å². The molecule has 1 aliphatic carbocycles. The van der Waals surface area contributed by atoms with Gasteiger partial charge in [-0.05, 0) is 36.5 Å². The van der Waals surface area contributed by atoms with Crippen molar-refractivity contribution in [2.75, 3.05) is 6.61 Å². The minimum absolute atomic E-state index is 0.0315. The summed E-state index contributed by atoms with van der Waals surface area (Å²) in [5.41, 5.74) is 0.790. The van der Waals surface area contributed by atoms with Crippen LogP contribution in [0.1, 0.15) is 33.1 Å². The average molecular weight is 392 g/mol. The lowest BCUT2D eigenvalue weighted by atomic mass is 9.78. The summed E-state index contributed by atoms with van der Waals surface area (Å²) in [6, 6.07) is 5.94. The SMILES string of the molecule is C[C@H]1[C@H](C)CCC[C@@H]1NC(=O)COc1ncnc2ccc(Br)cc12. The summed E-state index contributed by atoms with van der Waals surface area (Å²) in [5.74, 6) is 1.48. The van der Waals surface area contributed by atoms with Crippen molar-refractivity contribution in [2.24, 2.45) is 11.8 Å². The van der Waals surface area contributed by atoms with Crippen LogP contribution in [0.5, 0.6) is 5.88 Å². The molecule has 0 unspecified atom stereocenters. The van der Waals surface area contributed by atoms with E-state index in [0.717, 1.165) is 21.8 Å². The van der Waals surface area contributed by atoms with E-state index in [0.29, 0.717) is 17.7 Å². The second-order valence-electron chi connectivity index (χ2n) is 6.57. The number of hydrogen-bond acceptors (Lipinski definition) is 4. The van der Waals surface area contributed by atoms with E-state index in [1.807, 2.05) is 18.2 Å². The van der Waals surface area contributed by atoms with Crippen LogP contribution in [0.25, 0.3) is 10.9 Å². The zero-order chi connectivity index (χ0) is 17.1. The van der Waals surface area contributed by atoms with Crippen molar-refractivity contribution in [3.63, 3.8) is 0 Å². The van der Waals surface area contributed by atoms with Crippen molar-refractivity contribution in [1.29, 1.82) is 0 Å². The number of halogens is 1. The van der Waals surface area contributed by atoms with E-state index in [2.05, 4.69) is 45.1 Å². The van der Waals surface area contributed by atoms with Crippen molar-refractivity contribution in [3.8, 4) is 5.88 Å². The van der Waals surface area contributed by atoms with Crippen LogP contribution >= 0.6 is 15.9 Å². The van der Waals surface area contributed by atoms with Gasteiger partial charge in [-0.1, -0.05) is 42.6 Å². The van der Waals surface area contributed by atoms with E-state index in [4.69, 9.17) is 4.74 Å². The fourth-order valence-corrected chi connectivity index (χ4v) is 3.65. The van der Waals surface area contributed by atoms with Gasteiger partial charge >= 0.3 is 0 Å². The highest BCUT2D eigenvalue weighted by molar-refractivity contribution is 9.10. The van der Waals surface area contributed by atoms with Crippen LogP contribution < -0.4 is 10.1 Å². The zero-order valence-electron chi connectivity index (χ0n) is 14.0. The Morgan fingerprint density at radius 3 is 3.00 bits per heavy atom. The van der Waals surface area contributed by atoms with Crippen LogP contribution in [0.15, 0.2) is 29.0 Å². The standard InChI is InChI=1S/C18H22BrN3O2/c1-11-4-3-5-15(12(11)2)22-17(23)9-24-18-14-8-13(19)6-7-16(14)20-10-21-18/h6-8,10-12,15H,3-5,9H2,1-2H3,(H,22,23)/t11-,12+,15+/m1/s1. The van der Waals surface area contributed by atoms with Crippen LogP contribution in [0, 0.1) is 11.8 Å². The van der Waals surface area contributed by atoms with Gasteiger partial charge in [0, 0.05) is 10.5 Å². The molecular formula is C18H22BrN3O2. The van der Waals surface area contributed by atoms with Gasteiger partial charge in [0.25, 0.3) is 5.91 Å². The summed E-state index contributed by atoms with van der Waals surface area (Å²) in [5, 5.41) is 3.90. The molecule has 0 saturated heterocycles. The number of benzene rings is 1. The summed E-state index contributed by atoms with van der Waals surface area (Å²) < 4.78 is 6.58. The Balaban J connectivity index is 1.63. The highest BCUT2D eigenvalue weighted by atomic mass is 79.9. The Kier molecular flexibility index (Phi) is 5.33. The summed E-state index contributed by atoms with van der Waals surface area (Å²) in [4.78, 5) is 20.6. The van der Waals surface area contributed by atoms with Gasteiger partial charge in [-0.3, -0.25) is 4.79 Å². The average Bonchev–Trinajstić information content (AvgIpc) is 2.57. The van der Waals surface area contributed by atoms with E-state index in [1.54, 1.807) is 0 Å². The number of ether oxygens (including phenoxy) is 1. The summed E-state index contributed by atoms with van der Waals surface area (Å²) in [6.45, 7) is 4.44. The smallest absolute Gasteiger partial charge is 0.258 e. The normalized spacial score (nSPS) is 23.9. The van der Waals surface area contributed by atoms with Gasteiger partial charge < -0.3 is 10.1 Å². The Bertz CT molecular complexity index is 737.